The van der Waals surface area contributed by atoms with Crippen LogP contribution in [-0.2, 0) is 0 Å². The van der Waals surface area contributed by atoms with E-state index in [-0.39, 0.29) is 0 Å². The smallest absolute Gasteiger partial charge is 0.161 e. The third-order valence-electron chi connectivity index (χ3n) is 2.86. The highest BCUT2D eigenvalue weighted by Crippen LogP contribution is 2.32. The number of hydrogen-bond acceptors (Lipinski definition) is 2. The van der Waals surface area contributed by atoms with Crippen LogP contribution < -0.4 is 9.47 Å². The van der Waals surface area contributed by atoms with E-state index in [9.17, 15) is 0 Å². The van der Waals surface area contributed by atoms with Gasteiger partial charge in [0.25, 0.3) is 0 Å². The normalized spacial score (nSPS) is 12.7. The molecular formula is C16H24O2. The van der Waals surface area contributed by atoms with E-state index in [1.54, 1.807) is 0 Å². The van der Waals surface area contributed by atoms with E-state index < -0.39 is 0 Å². The summed E-state index contributed by atoms with van der Waals surface area (Å²) in [5.74, 6) is 2.18. The van der Waals surface area contributed by atoms with Gasteiger partial charge in [0.1, 0.15) is 0 Å². The van der Waals surface area contributed by atoms with Crippen molar-refractivity contribution in [3.05, 3.63) is 35.9 Å². The maximum atomic E-state index is 5.64. The minimum Gasteiger partial charge on any atom is -0.490 e. The van der Waals surface area contributed by atoms with Gasteiger partial charge in [0.05, 0.1) is 13.2 Å². The Bertz CT molecular complexity index is 383. The van der Waals surface area contributed by atoms with Crippen LogP contribution >= 0.6 is 0 Å². The van der Waals surface area contributed by atoms with Crippen molar-refractivity contribution in [3.8, 4) is 11.5 Å². The summed E-state index contributed by atoms with van der Waals surface area (Å²) in [6.07, 6.45) is 5.34. The van der Waals surface area contributed by atoms with Crippen LogP contribution in [0.2, 0.25) is 0 Å². The summed E-state index contributed by atoms with van der Waals surface area (Å²) in [7, 11) is 0. The topological polar surface area (TPSA) is 18.5 Å². The Hall–Kier alpha value is -1.44. The Kier molecular flexibility index (Phi) is 6.34. The molecule has 2 heteroatoms. The summed E-state index contributed by atoms with van der Waals surface area (Å²) in [6.45, 7) is 9.58. The van der Waals surface area contributed by atoms with Gasteiger partial charge in [0, 0.05) is 0 Å². The Morgan fingerprint density at radius 2 is 1.78 bits per heavy atom. The van der Waals surface area contributed by atoms with Crippen LogP contribution in [0.4, 0.5) is 0 Å². The van der Waals surface area contributed by atoms with Crippen LogP contribution in [0, 0.1) is 0 Å². The lowest BCUT2D eigenvalue weighted by molar-refractivity contribution is 0.287. The van der Waals surface area contributed by atoms with Crippen LogP contribution in [0.25, 0.3) is 0 Å². The zero-order valence-corrected chi connectivity index (χ0v) is 11.9. The summed E-state index contributed by atoms with van der Waals surface area (Å²) >= 11 is 0. The molecule has 1 unspecified atom stereocenters. The average molecular weight is 248 g/mol. The van der Waals surface area contributed by atoms with Crippen LogP contribution in [0.3, 0.4) is 0 Å². The molecule has 0 radical (unpaired) electrons. The quantitative estimate of drug-likeness (QED) is 0.659. The SMILES string of the molecule is C/C=C\CC(C)c1ccc(OCC)c(OCC)c1. The van der Waals surface area contributed by atoms with E-state index in [2.05, 4.69) is 38.1 Å². The van der Waals surface area contributed by atoms with Gasteiger partial charge >= 0.3 is 0 Å². The Balaban J connectivity index is 2.90. The largest absolute Gasteiger partial charge is 0.490 e. The number of allylic oxidation sites excluding steroid dienone is 2. The van der Waals surface area contributed by atoms with E-state index >= 15 is 0 Å². The van der Waals surface area contributed by atoms with Crippen molar-refractivity contribution < 1.29 is 9.47 Å². The number of hydrogen-bond donors (Lipinski definition) is 0. The molecule has 1 aromatic carbocycles. The first-order chi connectivity index (χ1) is 8.72. The third kappa shape index (κ3) is 4.10. The second-order valence-electron chi connectivity index (χ2n) is 4.28. The highest BCUT2D eigenvalue weighted by atomic mass is 16.5. The van der Waals surface area contributed by atoms with E-state index in [4.69, 9.17) is 9.47 Å². The van der Waals surface area contributed by atoms with Gasteiger partial charge in [-0.05, 0) is 50.8 Å². The average Bonchev–Trinajstić information content (AvgIpc) is 2.38. The standard InChI is InChI=1S/C16H24O2/c1-5-8-9-13(4)14-10-11-15(17-6-2)16(12-14)18-7-3/h5,8,10-13H,6-7,9H2,1-4H3/b8-5-. The van der Waals surface area contributed by atoms with Gasteiger partial charge in [0.15, 0.2) is 11.5 Å². The Morgan fingerprint density at radius 1 is 1.11 bits per heavy atom. The summed E-state index contributed by atoms with van der Waals surface area (Å²) in [5.41, 5.74) is 1.29. The maximum absolute atomic E-state index is 5.64. The number of ether oxygens (including phenoxy) is 2. The molecule has 0 aromatic heterocycles. The molecule has 1 atom stereocenters. The van der Waals surface area contributed by atoms with Gasteiger partial charge < -0.3 is 9.47 Å². The molecule has 2 nitrogen and oxygen atoms in total. The van der Waals surface area contributed by atoms with Crippen molar-refractivity contribution in [2.24, 2.45) is 0 Å². The molecule has 0 fully saturated rings. The van der Waals surface area contributed by atoms with Crippen LogP contribution in [0.15, 0.2) is 30.4 Å². The number of rotatable bonds is 7. The lowest BCUT2D eigenvalue weighted by Crippen LogP contribution is -2.00. The summed E-state index contributed by atoms with van der Waals surface area (Å²) < 4.78 is 11.2. The summed E-state index contributed by atoms with van der Waals surface area (Å²) in [5, 5.41) is 0. The Morgan fingerprint density at radius 3 is 2.39 bits per heavy atom. The van der Waals surface area contributed by atoms with Gasteiger partial charge in [-0.2, -0.15) is 0 Å². The molecule has 0 amide bonds. The molecule has 0 spiro atoms. The van der Waals surface area contributed by atoms with Crippen molar-refractivity contribution in [1.29, 1.82) is 0 Å². The molecule has 0 saturated heterocycles. The van der Waals surface area contributed by atoms with E-state index in [0.717, 1.165) is 17.9 Å². The van der Waals surface area contributed by atoms with Gasteiger partial charge in [-0.3, -0.25) is 0 Å². The first-order valence-corrected chi connectivity index (χ1v) is 6.73. The van der Waals surface area contributed by atoms with E-state index in [1.807, 2.05) is 19.9 Å². The fourth-order valence-corrected chi connectivity index (χ4v) is 1.85. The molecule has 1 rings (SSSR count). The second kappa shape index (κ2) is 7.80. The lowest BCUT2D eigenvalue weighted by Gasteiger charge is -2.15. The molecule has 0 aliphatic heterocycles. The molecule has 0 N–H and O–H groups in total. The molecule has 18 heavy (non-hydrogen) atoms. The zero-order valence-electron chi connectivity index (χ0n) is 11.9. The maximum Gasteiger partial charge on any atom is 0.161 e. The van der Waals surface area contributed by atoms with Crippen LogP contribution in [-0.4, -0.2) is 13.2 Å². The monoisotopic (exact) mass is 248 g/mol. The first-order valence-electron chi connectivity index (χ1n) is 6.73. The molecule has 0 heterocycles. The fraction of sp³-hybridized carbons (Fsp3) is 0.500. The molecular weight excluding hydrogens is 224 g/mol. The zero-order chi connectivity index (χ0) is 13.4. The van der Waals surface area contributed by atoms with Gasteiger partial charge in [-0.15, -0.1) is 0 Å². The minimum atomic E-state index is 0.496. The molecule has 100 valence electrons. The number of benzene rings is 1. The lowest BCUT2D eigenvalue weighted by atomic mass is 9.97. The van der Waals surface area contributed by atoms with E-state index in [1.165, 1.54) is 5.56 Å². The van der Waals surface area contributed by atoms with Crippen molar-refractivity contribution in [1.82, 2.24) is 0 Å². The molecule has 1 aromatic rings. The summed E-state index contributed by atoms with van der Waals surface area (Å²) in [4.78, 5) is 0. The minimum absolute atomic E-state index is 0.496. The third-order valence-corrected chi connectivity index (χ3v) is 2.86. The summed E-state index contributed by atoms with van der Waals surface area (Å²) in [6, 6.07) is 6.24. The van der Waals surface area contributed by atoms with Gasteiger partial charge in [-0.25, -0.2) is 0 Å². The van der Waals surface area contributed by atoms with Crippen LogP contribution in [0.5, 0.6) is 11.5 Å². The van der Waals surface area contributed by atoms with E-state index in [0.29, 0.717) is 19.1 Å². The van der Waals surface area contributed by atoms with Crippen molar-refractivity contribution in [3.63, 3.8) is 0 Å². The predicted octanol–water partition coefficient (Wildman–Crippen LogP) is 4.55. The predicted molar refractivity (Wildman–Crippen MR) is 76.6 cm³/mol. The fourth-order valence-electron chi connectivity index (χ4n) is 1.85. The first kappa shape index (κ1) is 14.6. The van der Waals surface area contributed by atoms with Gasteiger partial charge in [-0.1, -0.05) is 25.1 Å². The molecule has 0 aliphatic rings. The molecule has 0 bridgehead atoms. The highest BCUT2D eigenvalue weighted by Gasteiger charge is 2.09. The molecule has 0 saturated carbocycles. The van der Waals surface area contributed by atoms with Crippen LogP contribution in [0.1, 0.15) is 45.6 Å². The van der Waals surface area contributed by atoms with Crippen molar-refractivity contribution in [2.75, 3.05) is 13.2 Å². The second-order valence-corrected chi connectivity index (χ2v) is 4.28. The Labute approximate surface area is 111 Å². The van der Waals surface area contributed by atoms with Crippen molar-refractivity contribution in [2.45, 2.75) is 40.0 Å². The van der Waals surface area contributed by atoms with Gasteiger partial charge in [0.2, 0.25) is 0 Å². The highest BCUT2D eigenvalue weighted by molar-refractivity contribution is 5.44. The van der Waals surface area contributed by atoms with Crippen molar-refractivity contribution >= 4 is 0 Å². The molecule has 0 aliphatic carbocycles.